The van der Waals surface area contributed by atoms with Gasteiger partial charge in [-0.3, -0.25) is 0 Å². The second kappa shape index (κ2) is 4.82. The normalized spacial score (nSPS) is 12.9. The summed E-state index contributed by atoms with van der Waals surface area (Å²) in [5.74, 6) is 0. The minimum absolute atomic E-state index is 0.137. The number of hydrogen-bond acceptors (Lipinski definition) is 1. The predicted molar refractivity (Wildman–Crippen MR) is 59.4 cm³/mol. The van der Waals surface area contributed by atoms with Crippen LogP contribution in [0.5, 0.6) is 0 Å². The van der Waals surface area contributed by atoms with Crippen molar-refractivity contribution in [2.45, 2.75) is 23.9 Å². The molecule has 1 nitrogen and oxygen atoms in total. The molecule has 0 amide bonds. The average molecular weight is 276 g/mol. The van der Waals surface area contributed by atoms with Gasteiger partial charge in [-0.2, -0.15) is 0 Å². The van der Waals surface area contributed by atoms with Gasteiger partial charge in [0.15, 0.2) is 0 Å². The maximum absolute atomic E-state index is 8.82. The lowest BCUT2D eigenvalue weighted by molar-refractivity contribution is 0.282. The van der Waals surface area contributed by atoms with E-state index >= 15 is 0 Å². The van der Waals surface area contributed by atoms with Crippen molar-refractivity contribution in [1.82, 2.24) is 0 Å². The number of alkyl halides is 1. The molecule has 1 rings (SSSR count). The van der Waals surface area contributed by atoms with Crippen molar-refractivity contribution >= 4 is 22.6 Å². The third-order valence-corrected chi connectivity index (χ3v) is 3.48. The summed E-state index contributed by atoms with van der Waals surface area (Å²) in [7, 11) is 0. The van der Waals surface area contributed by atoms with Crippen LogP contribution in [0.2, 0.25) is 0 Å². The van der Waals surface area contributed by atoms with Crippen LogP contribution in [0.1, 0.15) is 28.4 Å². The average Bonchev–Trinajstić information content (AvgIpc) is 2.17. The highest BCUT2D eigenvalue weighted by Crippen LogP contribution is 2.26. The zero-order chi connectivity index (χ0) is 8.97. The van der Waals surface area contributed by atoms with Gasteiger partial charge in [-0.15, -0.1) is 0 Å². The van der Waals surface area contributed by atoms with Crippen molar-refractivity contribution in [3.05, 3.63) is 35.4 Å². The molecule has 0 radical (unpaired) electrons. The summed E-state index contributed by atoms with van der Waals surface area (Å²) in [5.41, 5.74) is 2.33. The number of aliphatic hydroxyl groups excluding tert-OH is 1. The third-order valence-electron chi connectivity index (χ3n) is 1.88. The summed E-state index contributed by atoms with van der Waals surface area (Å²) in [5, 5.41) is 8.82. The van der Waals surface area contributed by atoms with Crippen LogP contribution in [-0.4, -0.2) is 5.11 Å². The summed E-state index contributed by atoms with van der Waals surface area (Å²) < 4.78 is 0.593. The van der Waals surface area contributed by atoms with E-state index in [4.69, 9.17) is 5.11 Å². The fraction of sp³-hybridized carbons (Fsp3) is 0.400. The highest BCUT2D eigenvalue weighted by molar-refractivity contribution is 14.1. The Bertz CT molecular complexity index is 230. The molecule has 1 atom stereocenters. The highest BCUT2D eigenvalue weighted by atomic mass is 127. The van der Waals surface area contributed by atoms with E-state index in [0.717, 1.165) is 12.0 Å². The van der Waals surface area contributed by atoms with Gasteiger partial charge in [-0.05, 0) is 17.5 Å². The van der Waals surface area contributed by atoms with E-state index < -0.39 is 0 Å². The Morgan fingerprint density at radius 1 is 1.33 bits per heavy atom. The smallest absolute Gasteiger partial charge is 0.0681 e. The number of aliphatic hydroxyl groups is 1. The van der Waals surface area contributed by atoms with Gasteiger partial charge in [0.2, 0.25) is 0 Å². The van der Waals surface area contributed by atoms with Gasteiger partial charge in [-0.25, -0.2) is 0 Å². The van der Waals surface area contributed by atoms with Crippen molar-refractivity contribution in [2.75, 3.05) is 0 Å². The molecule has 1 aromatic carbocycles. The molecule has 0 heterocycles. The summed E-state index contributed by atoms with van der Waals surface area (Å²) in [4.78, 5) is 0. The fourth-order valence-corrected chi connectivity index (χ4v) is 1.48. The summed E-state index contributed by atoms with van der Waals surface area (Å²) in [6.07, 6.45) is 1.15. The largest absolute Gasteiger partial charge is 0.392 e. The molecule has 12 heavy (non-hydrogen) atoms. The van der Waals surface area contributed by atoms with Crippen LogP contribution in [-0.2, 0) is 6.61 Å². The van der Waals surface area contributed by atoms with Crippen molar-refractivity contribution in [1.29, 1.82) is 0 Å². The lowest BCUT2D eigenvalue weighted by Crippen LogP contribution is -1.88. The molecule has 66 valence electrons. The van der Waals surface area contributed by atoms with Crippen molar-refractivity contribution in [3.8, 4) is 0 Å². The van der Waals surface area contributed by atoms with Gasteiger partial charge >= 0.3 is 0 Å². The second-order valence-corrected chi connectivity index (χ2v) is 4.28. The van der Waals surface area contributed by atoms with Gasteiger partial charge in [-0.1, -0.05) is 53.8 Å². The molecule has 0 aliphatic carbocycles. The van der Waals surface area contributed by atoms with Crippen LogP contribution in [0.4, 0.5) is 0 Å². The van der Waals surface area contributed by atoms with Crippen molar-refractivity contribution in [3.63, 3.8) is 0 Å². The van der Waals surface area contributed by atoms with E-state index in [1.807, 2.05) is 12.1 Å². The molecule has 1 unspecified atom stereocenters. The zero-order valence-electron chi connectivity index (χ0n) is 7.13. The Hall–Kier alpha value is -0.0900. The van der Waals surface area contributed by atoms with Crippen LogP contribution in [0.3, 0.4) is 0 Å². The quantitative estimate of drug-likeness (QED) is 0.664. The van der Waals surface area contributed by atoms with E-state index in [2.05, 4.69) is 41.6 Å². The van der Waals surface area contributed by atoms with Crippen molar-refractivity contribution in [2.24, 2.45) is 0 Å². The van der Waals surface area contributed by atoms with E-state index in [-0.39, 0.29) is 6.61 Å². The maximum Gasteiger partial charge on any atom is 0.0681 e. The lowest BCUT2D eigenvalue weighted by atomic mass is 10.1. The van der Waals surface area contributed by atoms with Crippen LogP contribution in [0.25, 0.3) is 0 Å². The van der Waals surface area contributed by atoms with Gasteiger partial charge in [0, 0.05) is 3.92 Å². The second-order valence-electron chi connectivity index (χ2n) is 2.78. The molecule has 0 aromatic heterocycles. The van der Waals surface area contributed by atoms with Crippen LogP contribution >= 0.6 is 22.6 Å². The number of halogens is 1. The summed E-state index contributed by atoms with van der Waals surface area (Å²) in [6.45, 7) is 2.31. The Morgan fingerprint density at radius 3 is 2.33 bits per heavy atom. The number of hydrogen-bond donors (Lipinski definition) is 1. The SMILES string of the molecule is CCC(I)c1ccc(CO)cc1. The molecule has 0 saturated heterocycles. The third kappa shape index (κ3) is 2.45. The number of benzene rings is 1. The Balaban J connectivity index is 2.77. The molecule has 0 spiro atoms. The van der Waals surface area contributed by atoms with Crippen LogP contribution in [0, 0.1) is 0 Å². The first kappa shape index (κ1) is 9.99. The monoisotopic (exact) mass is 276 g/mol. The zero-order valence-corrected chi connectivity index (χ0v) is 9.28. The maximum atomic E-state index is 8.82. The molecule has 0 aliphatic rings. The van der Waals surface area contributed by atoms with E-state index in [9.17, 15) is 0 Å². The van der Waals surface area contributed by atoms with Crippen LogP contribution in [0.15, 0.2) is 24.3 Å². The Morgan fingerprint density at radius 2 is 1.92 bits per heavy atom. The summed E-state index contributed by atoms with van der Waals surface area (Å²) in [6, 6.07) is 8.14. The molecule has 0 saturated carbocycles. The van der Waals surface area contributed by atoms with Gasteiger partial charge in [0.1, 0.15) is 0 Å². The molecular formula is C10H13IO. The first-order valence-electron chi connectivity index (χ1n) is 4.11. The van der Waals surface area contributed by atoms with Gasteiger partial charge in [0.25, 0.3) is 0 Å². The Kier molecular flexibility index (Phi) is 4.01. The van der Waals surface area contributed by atoms with Crippen LogP contribution < -0.4 is 0 Å². The molecule has 1 aromatic rings. The molecule has 2 heteroatoms. The first-order valence-corrected chi connectivity index (χ1v) is 5.36. The molecule has 0 fully saturated rings. The topological polar surface area (TPSA) is 20.2 Å². The summed E-state index contributed by atoms with van der Waals surface area (Å²) >= 11 is 2.43. The van der Waals surface area contributed by atoms with Crippen molar-refractivity contribution < 1.29 is 5.11 Å². The molecular weight excluding hydrogens is 263 g/mol. The predicted octanol–water partition coefficient (Wildman–Crippen LogP) is 3.07. The van der Waals surface area contributed by atoms with E-state index in [1.165, 1.54) is 5.56 Å². The minimum Gasteiger partial charge on any atom is -0.392 e. The first-order chi connectivity index (χ1) is 5.77. The fourth-order valence-electron chi connectivity index (χ4n) is 1.07. The minimum atomic E-state index is 0.137. The number of rotatable bonds is 3. The molecule has 1 N–H and O–H groups in total. The van der Waals surface area contributed by atoms with E-state index in [0.29, 0.717) is 3.92 Å². The molecule has 0 bridgehead atoms. The van der Waals surface area contributed by atoms with E-state index in [1.54, 1.807) is 0 Å². The van der Waals surface area contributed by atoms with Gasteiger partial charge < -0.3 is 5.11 Å². The Labute approximate surface area is 86.9 Å². The lowest BCUT2D eigenvalue weighted by Gasteiger charge is -2.06. The molecule has 0 aliphatic heterocycles. The van der Waals surface area contributed by atoms with Gasteiger partial charge in [0.05, 0.1) is 6.61 Å². The standard InChI is InChI=1S/C10H13IO/c1-2-10(11)9-5-3-8(7-12)4-6-9/h3-6,10,12H,2,7H2,1H3. The highest BCUT2D eigenvalue weighted by Gasteiger charge is 2.02.